The van der Waals surface area contributed by atoms with Crippen molar-refractivity contribution in [2.24, 2.45) is 5.73 Å². The summed E-state index contributed by atoms with van der Waals surface area (Å²) in [5, 5.41) is 0. The number of hydrogen-bond donors (Lipinski definition) is 1. The average molecular weight is 309 g/mol. The standard InChI is InChI=1S/C19H23N3O/c1-4-23-16-10-6-5-9-15(16)17-18(14(3)12-20)22-11-7-8-13(2)19(22)21-17/h5-11,14H,4,12,20H2,1-3H3. The molecule has 0 aliphatic heterocycles. The zero-order valence-electron chi connectivity index (χ0n) is 13.9. The number of rotatable bonds is 5. The van der Waals surface area contributed by atoms with Gasteiger partial charge < -0.3 is 14.9 Å². The Hall–Kier alpha value is -2.33. The molecule has 4 heteroatoms. The van der Waals surface area contributed by atoms with Crippen molar-refractivity contribution >= 4 is 5.65 Å². The van der Waals surface area contributed by atoms with Gasteiger partial charge in [-0.3, -0.25) is 0 Å². The number of nitrogens with two attached hydrogens (primary N) is 1. The third-order valence-electron chi connectivity index (χ3n) is 4.14. The van der Waals surface area contributed by atoms with E-state index in [1.165, 1.54) is 0 Å². The van der Waals surface area contributed by atoms with Gasteiger partial charge in [0.2, 0.25) is 0 Å². The van der Waals surface area contributed by atoms with Crippen molar-refractivity contribution in [2.75, 3.05) is 13.2 Å². The van der Waals surface area contributed by atoms with Crippen LogP contribution in [0.5, 0.6) is 5.75 Å². The van der Waals surface area contributed by atoms with E-state index in [0.717, 1.165) is 33.9 Å². The minimum atomic E-state index is 0.205. The molecule has 1 unspecified atom stereocenters. The van der Waals surface area contributed by atoms with Gasteiger partial charge in [0.15, 0.2) is 0 Å². The molecule has 1 aromatic carbocycles. The van der Waals surface area contributed by atoms with Gasteiger partial charge in [0.25, 0.3) is 0 Å². The van der Waals surface area contributed by atoms with E-state index < -0.39 is 0 Å². The minimum Gasteiger partial charge on any atom is -0.493 e. The van der Waals surface area contributed by atoms with Crippen LogP contribution in [0.3, 0.4) is 0 Å². The number of imidazole rings is 1. The molecule has 120 valence electrons. The van der Waals surface area contributed by atoms with Crippen LogP contribution in [-0.2, 0) is 0 Å². The number of hydrogen-bond acceptors (Lipinski definition) is 3. The van der Waals surface area contributed by atoms with Gasteiger partial charge in [-0.25, -0.2) is 4.98 Å². The van der Waals surface area contributed by atoms with E-state index >= 15 is 0 Å². The first-order valence-corrected chi connectivity index (χ1v) is 8.07. The molecule has 0 saturated heterocycles. The second-order valence-electron chi connectivity index (χ2n) is 5.80. The first kappa shape index (κ1) is 15.6. The molecule has 2 heterocycles. The molecule has 0 bridgehead atoms. The summed E-state index contributed by atoms with van der Waals surface area (Å²) in [5.74, 6) is 1.07. The van der Waals surface area contributed by atoms with Gasteiger partial charge in [-0.2, -0.15) is 0 Å². The summed E-state index contributed by atoms with van der Waals surface area (Å²) in [4.78, 5) is 4.92. The van der Waals surface area contributed by atoms with E-state index in [9.17, 15) is 0 Å². The van der Waals surface area contributed by atoms with Crippen molar-refractivity contribution in [3.05, 3.63) is 53.9 Å². The number of benzene rings is 1. The Morgan fingerprint density at radius 2 is 2.00 bits per heavy atom. The average Bonchev–Trinajstić information content (AvgIpc) is 2.96. The molecule has 1 atom stereocenters. The fourth-order valence-corrected chi connectivity index (χ4v) is 2.95. The van der Waals surface area contributed by atoms with Gasteiger partial charge in [0.1, 0.15) is 11.4 Å². The number of aromatic nitrogens is 2. The summed E-state index contributed by atoms with van der Waals surface area (Å²) in [7, 11) is 0. The maximum atomic E-state index is 5.96. The minimum absolute atomic E-state index is 0.205. The number of aryl methyl sites for hydroxylation is 1. The number of fused-ring (bicyclic) bond motifs is 1. The topological polar surface area (TPSA) is 52.5 Å². The Labute approximate surface area is 136 Å². The zero-order chi connectivity index (χ0) is 16.4. The molecular formula is C19H23N3O. The number of nitrogens with zero attached hydrogens (tertiary/aromatic N) is 2. The lowest BCUT2D eigenvalue weighted by molar-refractivity contribution is 0.341. The van der Waals surface area contributed by atoms with Crippen molar-refractivity contribution < 1.29 is 4.74 Å². The molecule has 2 N–H and O–H groups in total. The fraction of sp³-hybridized carbons (Fsp3) is 0.316. The van der Waals surface area contributed by atoms with E-state index in [0.29, 0.717) is 13.2 Å². The van der Waals surface area contributed by atoms with Crippen LogP contribution in [0.4, 0.5) is 0 Å². The lowest BCUT2D eigenvalue weighted by atomic mass is 10.0. The van der Waals surface area contributed by atoms with Gasteiger partial charge in [0, 0.05) is 24.2 Å². The second-order valence-corrected chi connectivity index (χ2v) is 5.80. The molecule has 0 aliphatic rings. The van der Waals surface area contributed by atoms with Crippen molar-refractivity contribution in [3.8, 4) is 17.0 Å². The summed E-state index contributed by atoms with van der Waals surface area (Å²) >= 11 is 0. The number of ether oxygens (including phenoxy) is 1. The lowest BCUT2D eigenvalue weighted by Gasteiger charge is -2.14. The van der Waals surface area contributed by atoms with E-state index in [1.807, 2.05) is 25.1 Å². The molecule has 0 fully saturated rings. The second kappa shape index (κ2) is 6.42. The largest absolute Gasteiger partial charge is 0.493 e. The van der Waals surface area contributed by atoms with Crippen LogP contribution < -0.4 is 10.5 Å². The van der Waals surface area contributed by atoms with Crippen LogP contribution >= 0.6 is 0 Å². The Bertz CT molecular complexity index is 823. The van der Waals surface area contributed by atoms with Crippen LogP contribution in [0.15, 0.2) is 42.6 Å². The molecule has 3 rings (SSSR count). The van der Waals surface area contributed by atoms with Gasteiger partial charge in [0.05, 0.1) is 18.0 Å². The van der Waals surface area contributed by atoms with E-state index in [-0.39, 0.29) is 5.92 Å². The summed E-state index contributed by atoms with van der Waals surface area (Å²) in [6, 6.07) is 12.2. The smallest absolute Gasteiger partial charge is 0.140 e. The molecule has 0 aliphatic carbocycles. The van der Waals surface area contributed by atoms with Crippen molar-refractivity contribution in [1.82, 2.24) is 9.38 Å². The van der Waals surface area contributed by atoms with E-state index in [4.69, 9.17) is 15.5 Å². The van der Waals surface area contributed by atoms with Crippen LogP contribution in [0, 0.1) is 6.92 Å². The summed E-state index contributed by atoms with van der Waals surface area (Å²) < 4.78 is 7.96. The van der Waals surface area contributed by atoms with E-state index in [1.54, 1.807) is 0 Å². The highest BCUT2D eigenvalue weighted by molar-refractivity contribution is 5.73. The first-order valence-electron chi connectivity index (χ1n) is 8.07. The van der Waals surface area contributed by atoms with Crippen molar-refractivity contribution in [2.45, 2.75) is 26.7 Å². The maximum Gasteiger partial charge on any atom is 0.140 e. The highest BCUT2D eigenvalue weighted by atomic mass is 16.5. The molecule has 0 spiro atoms. The Morgan fingerprint density at radius 1 is 1.22 bits per heavy atom. The van der Waals surface area contributed by atoms with Crippen molar-refractivity contribution in [3.63, 3.8) is 0 Å². The Balaban J connectivity index is 2.31. The normalized spacial score (nSPS) is 12.5. The maximum absolute atomic E-state index is 5.96. The number of para-hydroxylation sites is 1. The third kappa shape index (κ3) is 2.70. The highest BCUT2D eigenvalue weighted by Crippen LogP contribution is 2.35. The van der Waals surface area contributed by atoms with Gasteiger partial charge in [-0.15, -0.1) is 0 Å². The Morgan fingerprint density at radius 3 is 2.74 bits per heavy atom. The Kier molecular flexibility index (Phi) is 4.35. The molecule has 0 saturated carbocycles. The zero-order valence-corrected chi connectivity index (χ0v) is 13.9. The predicted molar refractivity (Wildman–Crippen MR) is 94.0 cm³/mol. The summed E-state index contributed by atoms with van der Waals surface area (Å²) in [5.41, 5.74) is 11.2. The van der Waals surface area contributed by atoms with Crippen LogP contribution in [-0.4, -0.2) is 22.5 Å². The molecule has 23 heavy (non-hydrogen) atoms. The van der Waals surface area contributed by atoms with Crippen LogP contribution in [0.25, 0.3) is 16.9 Å². The van der Waals surface area contributed by atoms with E-state index in [2.05, 4.69) is 42.6 Å². The summed E-state index contributed by atoms with van der Waals surface area (Å²) in [6.45, 7) is 7.42. The predicted octanol–water partition coefficient (Wildman–Crippen LogP) is 3.77. The molecule has 0 amide bonds. The van der Waals surface area contributed by atoms with Gasteiger partial charge >= 0.3 is 0 Å². The van der Waals surface area contributed by atoms with Gasteiger partial charge in [-0.1, -0.05) is 25.1 Å². The third-order valence-corrected chi connectivity index (χ3v) is 4.14. The molecule has 3 aromatic rings. The SMILES string of the molecule is CCOc1ccccc1-c1nc2c(C)cccn2c1C(C)CN. The first-order chi connectivity index (χ1) is 11.2. The lowest BCUT2D eigenvalue weighted by Crippen LogP contribution is -2.12. The van der Waals surface area contributed by atoms with Gasteiger partial charge in [-0.05, 0) is 37.6 Å². The quantitative estimate of drug-likeness (QED) is 0.780. The molecule has 0 radical (unpaired) electrons. The molecule has 2 aromatic heterocycles. The number of pyridine rings is 1. The highest BCUT2D eigenvalue weighted by Gasteiger charge is 2.21. The summed E-state index contributed by atoms with van der Waals surface area (Å²) in [6.07, 6.45) is 2.06. The van der Waals surface area contributed by atoms with Crippen LogP contribution in [0.2, 0.25) is 0 Å². The fourth-order valence-electron chi connectivity index (χ4n) is 2.95. The molecular weight excluding hydrogens is 286 g/mol. The van der Waals surface area contributed by atoms with Crippen molar-refractivity contribution in [1.29, 1.82) is 0 Å². The molecule has 4 nitrogen and oxygen atoms in total. The monoisotopic (exact) mass is 309 g/mol. The van der Waals surface area contributed by atoms with Crippen LogP contribution in [0.1, 0.15) is 31.0 Å².